The summed E-state index contributed by atoms with van der Waals surface area (Å²) in [6, 6.07) is 31.2. The number of hydrogen-bond acceptors (Lipinski definition) is 7. The molecule has 0 saturated carbocycles. The minimum atomic E-state index is -0.341. The number of hydrogen-bond donors (Lipinski definition) is 0. The zero-order valence-corrected chi connectivity index (χ0v) is 23.3. The Labute approximate surface area is 261 Å². The van der Waals surface area contributed by atoms with Crippen molar-refractivity contribution >= 4 is 61.2 Å². The van der Waals surface area contributed by atoms with Crippen molar-refractivity contribution in [3.63, 3.8) is 0 Å². The number of anilines is 3. The van der Waals surface area contributed by atoms with Gasteiger partial charge in [0.1, 0.15) is 22.2 Å². The molecule has 0 saturated heterocycles. The largest absolute Gasteiger partial charge is 0.456 e. The number of rotatable bonds is 3. The van der Waals surface area contributed by atoms with Gasteiger partial charge in [-0.3, -0.25) is 0 Å². The molecule has 0 N–H and O–H groups in total. The smallest absolute Gasteiger partial charge is 0.227 e. The summed E-state index contributed by atoms with van der Waals surface area (Å²) in [4.78, 5) is 11.5. The van der Waals surface area contributed by atoms with Gasteiger partial charge >= 0.3 is 0 Å². The number of nitrogens with zero attached hydrogens (tertiary/aromatic N) is 3. The fourth-order valence-electron chi connectivity index (χ4n) is 5.96. The molecule has 3 aromatic heterocycles. The van der Waals surface area contributed by atoms with Crippen molar-refractivity contribution in [2.45, 2.75) is 0 Å². The molecular weight excluding hydrogens is 562 g/mol. The molecular formula is C38H21N3O4. The van der Waals surface area contributed by atoms with Crippen molar-refractivity contribution in [2.75, 3.05) is 4.90 Å². The first-order chi connectivity index (χ1) is 23.9. The molecule has 0 unspecified atom stereocenters. The topological polar surface area (TPSA) is 77.7 Å². The van der Waals surface area contributed by atoms with Gasteiger partial charge in [0, 0.05) is 28.0 Å². The average molecular weight is 588 g/mol. The van der Waals surface area contributed by atoms with Crippen LogP contribution in [0.1, 0.15) is 5.48 Å². The first-order valence-electron chi connectivity index (χ1n) is 16.3. The van der Waals surface area contributed by atoms with E-state index in [0.717, 1.165) is 22.2 Å². The van der Waals surface area contributed by atoms with Crippen LogP contribution < -0.4 is 9.64 Å². The van der Waals surface area contributed by atoms with E-state index in [1.165, 1.54) is 0 Å². The molecule has 0 fully saturated rings. The molecule has 9 aromatic rings. The molecule has 10 rings (SSSR count). The van der Waals surface area contributed by atoms with Gasteiger partial charge in [-0.05, 0) is 78.8 Å². The SMILES string of the molecule is [2H]c1c([2H])c([2H])c2c(oc3cc(N4c5cc(-c6nc7ccccc7o6)ccc5Oc5ccc(-c6nc7ccccc7o6)cc54)ccc32)c1[2H]. The zero-order chi connectivity index (χ0) is 33.0. The monoisotopic (exact) mass is 587 g/mol. The van der Waals surface area contributed by atoms with Crippen LogP contribution in [0, 0.1) is 0 Å². The minimum Gasteiger partial charge on any atom is -0.456 e. The molecule has 6 aromatic carbocycles. The van der Waals surface area contributed by atoms with E-state index < -0.39 is 0 Å². The van der Waals surface area contributed by atoms with Crippen LogP contribution in [0.3, 0.4) is 0 Å². The number of furan rings is 1. The summed E-state index contributed by atoms with van der Waals surface area (Å²) in [7, 11) is 0. The molecule has 45 heavy (non-hydrogen) atoms. The van der Waals surface area contributed by atoms with E-state index in [0.29, 0.717) is 67.9 Å². The molecule has 0 bridgehead atoms. The average Bonchev–Trinajstić information content (AvgIpc) is 3.87. The van der Waals surface area contributed by atoms with Crippen molar-refractivity contribution in [3.05, 3.63) is 127 Å². The third kappa shape index (κ3) is 3.71. The number of oxazole rings is 2. The lowest BCUT2D eigenvalue weighted by Gasteiger charge is -2.33. The Balaban J connectivity index is 1.19. The predicted molar refractivity (Wildman–Crippen MR) is 174 cm³/mol. The summed E-state index contributed by atoms with van der Waals surface area (Å²) in [6.45, 7) is 0. The molecule has 1 aliphatic heterocycles. The summed E-state index contributed by atoms with van der Waals surface area (Å²) in [5, 5.41) is 0.923. The summed E-state index contributed by atoms with van der Waals surface area (Å²) >= 11 is 0. The van der Waals surface area contributed by atoms with Crippen molar-refractivity contribution in [1.29, 1.82) is 0 Å². The van der Waals surface area contributed by atoms with E-state index >= 15 is 0 Å². The number of ether oxygens (including phenoxy) is 1. The number of aromatic nitrogens is 2. The normalized spacial score (nSPS) is 13.8. The molecule has 0 radical (unpaired) electrons. The molecule has 212 valence electrons. The Morgan fingerprint density at radius 3 is 1.80 bits per heavy atom. The number of para-hydroxylation sites is 5. The summed E-state index contributed by atoms with van der Waals surface area (Å²) < 4.78 is 58.2. The highest BCUT2D eigenvalue weighted by atomic mass is 16.5. The van der Waals surface area contributed by atoms with E-state index in [4.69, 9.17) is 33.4 Å². The van der Waals surface area contributed by atoms with Gasteiger partial charge in [-0.1, -0.05) is 42.4 Å². The Bertz CT molecular complexity index is 2650. The fraction of sp³-hybridized carbons (Fsp3) is 0. The van der Waals surface area contributed by atoms with Crippen LogP contribution in [0.25, 0.3) is 67.0 Å². The van der Waals surface area contributed by atoms with Crippen LogP contribution >= 0.6 is 0 Å². The summed E-state index contributed by atoms with van der Waals surface area (Å²) in [5.74, 6) is 2.13. The van der Waals surface area contributed by atoms with Gasteiger partial charge in [-0.25, -0.2) is 9.97 Å². The van der Waals surface area contributed by atoms with E-state index in [-0.39, 0.29) is 29.8 Å². The standard InChI is InChI=1S/C38H21N3O4/c1-4-10-31-25(7-1)26-16-15-24(21-36(26)42-31)41-29-19-22(37-39-27-8-2-5-11-32(27)44-37)13-17-34(29)43-35-18-14-23(20-30(35)41)38-40-28-9-3-6-12-33(28)45-38/h1-21H/i1D,4D,7D,10D. The van der Waals surface area contributed by atoms with Crippen LogP contribution in [0.2, 0.25) is 0 Å². The predicted octanol–water partition coefficient (Wildman–Crippen LogP) is 10.8. The van der Waals surface area contributed by atoms with Crippen LogP contribution in [-0.4, -0.2) is 9.97 Å². The third-order valence-electron chi connectivity index (χ3n) is 8.06. The zero-order valence-electron chi connectivity index (χ0n) is 27.3. The maximum Gasteiger partial charge on any atom is 0.227 e. The van der Waals surface area contributed by atoms with Gasteiger partial charge in [0.25, 0.3) is 0 Å². The molecule has 0 spiro atoms. The lowest BCUT2D eigenvalue weighted by Crippen LogP contribution is -2.16. The molecule has 1 aliphatic rings. The number of fused-ring (bicyclic) bond motifs is 7. The van der Waals surface area contributed by atoms with Gasteiger partial charge in [-0.15, -0.1) is 0 Å². The Morgan fingerprint density at radius 1 is 0.533 bits per heavy atom. The highest BCUT2D eigenvalue weighted by molar-refractivity contribution is 6.06. The molecule has 0 aliphatic carbocycles. The Hall–Kier alpha value is -6.34. The maximum atomic E-state index is 8.55. The van der Waals surface area contributed by atoms with Crippen molar-refractivity contribution in [2.24, 2.45) is 0 Å². The van der Waals surface area contributed by atoms with E-state index in [9.17, 15) is 0 Å². The van der Waals surface area contributed by atoms with Crippen LogP contribution in [0.15, 0.2) is 141 Å². The fourth-order valence-corrected chi connectivity index (χ4v) is 5.96. The molecule has 0 amide bonds. The second-order valence-corrected chi connectivity index (χ2v) is 10.8. The highest BCUT2D eigenvalue weighted by Crippen LogP contribution is 2.53. The minimum absolute atomic E-state index is 0.109. The van der Waals surface area contributed by atoms with Gasteiger partial charge in [-0.2, -0.15) is 0 Å². The van der Waals surface area contributed by atoms with Gasteiger partial charge in [0.2, 0.25) is 11.8 Å². The Kier molecular flexibility index (Phi) is 4.15. The van der Waals surface area contributed by atoms with Gasteiger partial charge in [0.15, 0.2) is 22.7 Å². The van der Waals surface area contributed by atoms with Crippen LogP contribution in [-0.2, 0) is 0 Å². The lowest BCUT2D eigenvalue weighted by molar-refractivity contribution is 0.477. The maximum absolute atomic E-state index is 8.55. The van der Waals surface area contributed by atoms with Crippen molar-refractivity contribution in [3.8, 4) is 34.4 Å². The quantitative estimate of drug-likeness (QED) is 0.203. The number of benzene rings is 6. The highest BCUT2D eigenvalue weighted by Gasteiger charge is 2.29. The van der Waals surface area contributed by atoms with E-state index in [2.05, 4.69) is 0 Å². The van der Waals surface area contributed by atoms with Gasteiger partial charge in [0.05, 0.1) is 22.5 Å². The van der Waals surface area contributed by atoms with E-state index in [1.807, 2.05) is 108 Å². The second kappa shape index (κ2) is 9.08. The molecule has 7 heteroatoms. The first kappa shape index (κ1) is 20.5. The van der Waals surface area contributed by atoms with E-state index in [1.54, 1.807) is 0 Å². The third-order valence-corrected chi connectivity index (χ3v) is 8.06. The molecule has 4 heterocycles. The summed E-state index contributed by atoms with van der Waals surface area (Å²) in [6.07, 6.45) is 0. The van der Waals surface area contributed by atoms with Crippen molar-refractivity contribution < 1.29 is 23.5 Å². The molecule has 7 nitrogen and oxygen atoms in total. The lowest BCUT2D eigenvalue weighted by atomic mass is 10.1. The van der Waals surface area contributed by atoms with Crippen LogP contribution in [0.5, 0.6) is 11.5 Å². The first-order valence-corrected chi connectivity index (χ1v) is 14.3. The van der Waals surface area contributed by atoms with Gasteiger partial charge < -0.3 is 22.9 Å². The Morgan fingerprint density at radius 2 is 1.16 bits per heavy atom. The molecule has 0 atom stereocenters. The second-order valence-electron chi connectivity index (χ2n) is 10.8. The van der Waals surface area contributed by atoms with Crippen molar-refractivity contribution in [1.82, 2.24) is 9.97 Å². The van der Waals surface area contributed by atoms with Crippen LogP contribution in [0.4, 0.5) is 17.1 Å². The summed E-state index contributed by atoms with van der Waals surface area (Å²) in [5.41, 5.74) is 7.01.